The van der Waals surface area contributed by atoms with Crippen molar-refractivity contribution >= 4 is 10.0 Å². The lowest BCUT2D eigenvalue weighted by Gasteiger charge is -2.17. The molecule has 1 N–H and O–H groups in total. The first-order chi connectivity index (χ1) is 7.21. The molecule has 6 heteroatoms. The van der Waals surface area contributed by atoms with Gasteiger partial charge in [0, 0.05) is 19.6 Å². The van der Waals surface area contributed by atoms with E-state index in [2.05, 4.69) is 5.32 Å². The van der Waals surface area contributed by atoms with Crippen molar-refractivity contribution in [3.63, 3.8) is 0 Å². The molecule has 0 amide bonds. The summed E-state index contributed by atoms with van der Waals surface area (Å²) in [5, 5.41) is 3.19. The van der Waals surface area contributed by atoms with E-state index >= 15 is 0 Å². The molecule has 0 aromatic carbocycles. The Morgan fingerprint density at radius 2 is 2.20 bits per heavy atom. The van der Waals surface area contributed by atoms with Crippen LogP contribution in [0.5, 0.6) is 0 Å². The van der Waals surface area contributed by atoms with Crippen molar-refractivity contribution in [2.24, 2.45) is 0 Å². The van der Waals surface area contributed by atoms with E-state index in [0.29, 0.717) is 19.6 Å². The summed E-state index contributed by atoms with van der Waals surface area (Å²) < 4.78 is 30.4. The highest BCUT2D eigenvalue weighted by Gasteiger charge is 2.26. The average molecular weight is 230 g/mol. The molecular weight excluding hydrogens is 216 g/mol. The highest BCUT2D eigenvalue weighted by molar-refractivity contribution is 7.89. The van der Waals surface area contributed by atoms with Gasteiger partial charge >= 0.3 is 0 Å². The van der Waals surface area contributed by atoms with E-state index in [1.54, 1.807) is 6.07 Å². The van der Waals surface area contributed by atoms with Gasteiger partial charge < -0.3 is 9.73 Å². The second-order valence-corrected chi connectivity index (χ2v) is 5.31. The number of sulfonamides is 1. The Morgan fingerprint density at radius 3 is 2.93 bits per heavy atom. The maximum absolute atomic E-state index is 12.0. The summed E-state index contributed by atoms with van der Waals surface area (Å²) in [6.07, 6.45) is 2.21. The van der Waals surface area contributed by atoms with E-state index in [9.17, 15) is 8.42 Å². The lowest BCUT2D eigenvalue weighted by molar-refractivity contribution is 0.390. The smallest absolute Gasteiger partial charge is 0.276 e. The molecule has 2 rings (SSSR count). The standard InChI is InChI=1S/C9H14N2O3S/c12-15(13,9-3-1-8-14-9)11-6-2-4-10-5-7-11/h1,3,8,10H,2,4-7H2. The SMILES string of the molecule is O=S(=O)(c1ccco1)N1CCCNCC1. The molecule has 15 heavy (non-hydrogen) atoms. The monoisotopic (exact) mass is 230 g/mol. The van der Waals surface area contributed by atoms with Crippen LogP contribution >= 0.6 is 0 Å². The van der Waals surface area contributed by atoms with Crippen molar-refractivity contribution in [1.29, 1.82) is 0 Å². The zero-order valence-electron chi connectivity index (χ0n) is 8.35. The molecule has 0 saturated carbocycles. The molecule has 5 nitrogen and oxygen atoms in total. The van der Waals surface area contributed by atoms with Crippen LogP contribution in [0.25, 0.3) is 0 Å². The molecule has 84 valence electrons. The van der Waals surface area contributed by atoms with Gasteiger partial charge in [-0.15, -0.1) is 0 Å². The van der Waals surface area contributed by atoms with Crippen LogP contribution < -0.4 is 5.32 Å². The summed E-state index contributed by atoms with van der Waals surface area (Å²) in [5.74, 6) is 0. The molecular formula is C9H14N2O3S. The molecule has 0 unspecified atom stereocenters. The zero-order chi connectivity index (χ0) is 10.7. The van der Waals surface area contributed by atoms with Gasteiger partial charge in [-0.3, -0.25) is 0 Å². The molecule has 1 aromatic heterocycles. The van der Waals surface area contributed by atoms with Gasteiger partial charge in [0.05, 0.1) is 6.26 Å². The van der Waals surface area contributed by atoms with Crippen LogP contribution in [0.3, 0.4) is 0 Å². The predicted molar refractivity (Wildman–Crippen MR) is 55.0 cm³/mol. The van der Waals surface area contributed by atoms with Gasteiger partial charge in [0.1, 0.15) is 0 Å². The van der Waals surface area contributed by atoms with Crippen molar-refractivity contribution in [3.8, 4) is 0 Å². The molecule has 2 heterocycles. The van der Waals surface area contributed by atoms with Crippen LogP contribution in [0.1, 0.15) is 6.42 Å². The Bertz CT molecular complexity index is 391. The molecule has 1 aromatic rings. The largest absolute Gasteiger partial charge is 0.452 e. The maximum Gasteiger partial charge on any atom is 0.276 e. The average Bonchev–Trinajstić information content (AvgIpc) is 2.61. The van der Waals surface area contributed by atoms with Crippen molar-refractivity contribution in [2.45, 2.75) is 11.5 Å². The summed E-state index contributed by atoms with van der Waals surface area (Å²) in [6, 6.07) is 3.07. The molecule has 1 aliphatic heterocycles. The minimum atomic E-state index is -3.42. The zero-order valence-corrected chi connectivity index (χ0v) is 9.16. The minimum Gasteiger partial charge on any atom is -0.452 e. The van der Waals surface area contributed by atoms with Crippen LogP contribution in [0, 0.1) is 0 Å². The van der Waals surface area contributed by atoms with Crippen LogP contribution in [-0.2, 0) is 10.0 Å². The quantitative estimate of drug-likeness (QED) is 0.792. The third-order valence-corrected chi connectivity index (χ3v) is 4.17. The Balaban J connectivity index is 2.21. The first kappa shape index (κ1) is 10.7. The summed E-state index contributed by atoms with van der Waals surface area (Å²) in [5.41, 5.74) is 0. The summed E-state index contributed by atoms with van der Waals surface area (Å²) in [6.45, 7) is 2.61. The first-order valence-electron chi connectivity index (χ1n) is 4.95. The normalized spacial score (nSPS) is 20.0. The molecule has 1 fully saturated rings. The topological polar surface area (TPSA) is 62.6 Å². The van der Waals surface area contributed by atoms with E-state index in [1.165, 1.54) is 16.6 Å². The third kappa shape index (κ3) is 2.22. The Morgan fingerprint density at radius 1 is 1.33 bits per heavy atom. The maximum atomic E-state index is 12.0. The van der Waals surface area contributed by atoms with E-state index in [-0.39, 0.29) is 5.09 Å². The number of nitrogens with one attached hydrogen (secondary N) is 1. The lowest BCUT2D eigenvalue weighted by Crippen LogP contribution is -2.33. The van der Waals surface area contributed by atoms with Gasteiger partial charge in [-0.05, 0) is 25.1 Å². The van der Waals surface area contributed by atoms with Crippen molar-refractivity contribution in [2.75, 3.05) is 26.2 Å². The van der Waals surface area contributed by atoms with Crippen LogP contribution in [0.15, 0.2) is 27.9 Å². The molecule has 1 saturated heterocycles. The minimum absolute atomic E-state index is 0.0319. The fourth-order valence-electron chi connectivity index (χ4n) is 1.60. The third-order valence-electron chi connectivity index (χ3n) is 2.39. The van der Waals surface area contributed by atoms with Crippen LogP contribution in [0.2, 0.25) is 0 Å². The molecule has 0 atom stereocenters. The van der Waals surface area contributed by atoms with Gasteiger partial charge in [0.15, 0.2) is 0 Å². The highest BCUT2D eigenvalue weighted by atomic mass is 32.2. The number of furan rings is 1. The molecule has 0 spiro atoms. The highest BCUT2D eigenvalue weighted by Crippen LogP contribution is 2.16. The van der Waals surface area contributed by atoms with E-state index in [4.69, 9.17) is 4.42 Å². The Hall–Kier alpha value is -0.850. The Kier molecular flexibility index (Phi) is 3.08. The molecule has 0 radical (unpaired) electrons. The van der Waals surface area contributed by atoms with Crippen LogP contribution in [0.4, 0.5) is 0 Å². The summed E-state index contributed by atoms with van der Waals surface area (Å²) in [4.78, 5) is 0. The summed E-state index contributed by atoms with van der Waals surface area (Å²) in [7, 11) is -3.42. The van der Waals surface area contributed by atoms with Gasteiger partial charge in [0.2, 0.25) is 5.09 Å². The lowest BCUT2D eigenvalue weighted by atomic mass is 10.4. The van der Waals surface area contributed by atoms with Crippen molar-refractivity contribution in [3.05, 3.63) is 18.4 Å². The van der Waals surface area contributed by atoms with E-state index < -0.39 is 10.0 Å². The number of hydrogen-bond acceptors (Lipinski definition) is 4. The van der Waals surface area contributed by atoms with Gasteiger partial charge in [-0.25, -0.2) is 8.42 Å². The molecule has 1 aliphatic rings. The van der Waals surface area contributed by atoms with Gasteiger partial charge in [-0.2, -0.15) is 4.31 Å². The Labute approximate surface area is 89.1 Å². The number of nitrogens with zero attached hydrogens (tertiary/aromatic N) is 1. The second-order valence-electron chi connectivity index (χ2n) is 3.44. The molecule has 0 bridgehead atoms. The fraction of sp³-hybridized carbons (Fsp3) is 0.556. The van der Waals surface area contributed by atoms with E-state index in [1.807, 2.05) is 0 Å². The van der Waals surface area contributed by atoms with E-state index in [0.717, 1.165) is 13.0 Å². The second kappa shape index (κ2) is 4.34. The van der Waals surface area contributed by atoms with Crippen LogP contribution in [-0.4, -0.2) is 38.9 Å². The molecule has 0 aliphatic carbocycles. The van der Waals surface area contributed by atoms with Gasteiger partial charge in [0.25, 0.3) is 10.0 Å². The van der Waals surface area contributed by atoms with Gasteiger partial charge in [-0.1, -0.05) is 0 Å². The van der Waals surface area contributed by atoms with Crippen molar-refractivity contribution in [1.82, 2.24) is 9.62 Å². The number of hydrogen-bond donors (Lipinski definition) is 1. The summed E-state index contributed by atoms with van der Waals surface area (Å²) >= 11 is 0. The predicted octanol–water partition coefficient (Wildman–Crippen LogP) is 0.264. The first-order valence-corrected chi connectivity index (χ1v) is 6.39. The number of rotatable bonds is 2. The van der Waals surface area contributed by atoms with Crippen molar-refractivity contribution < 1.29 is 12.8 Å². The fourth-order valence-corrected chi connectivity index (χ4v) is 2.98.